The van der Waals surface area contributed by atoms with Crippen LogP contribution in [0.1, 0.15) is 23.1 Å². The number of nitrogens with one attached hydrogen (secondary N) is 1. The molecule has 130 valence electrons. The molecule has 0 aliphatic heterocycles. The third kappa shape index (κ3) is 5.48. The van der Waals surface area contributed by atoms with Crippen LogP contribution in [-0.2, 0) is 17.8 Å². The van der Waals surface area contributed by atoms with E-state index in [2.05, 4.69) is 43.2 Å². The number of nitriles is 1. The van der Waals surface area contributed by atoms with E-state index in [0.29, 0.717) is 24.3 Å². The molecule has 0 aliphatic rings. The molecule has 2 rings (SSSR count). The highest BCUT2D eigenvalue weighted by Gasteiger charge is 2.11. The van der Waals surface area contributed by atoms with Crippen molar-refractivity contribution in [2.24, 2.45) is 0 Å². The van der Waals surface area contributed by atoms with E-state index >= 15 is 0 Å². The summed E-state index contributed by atoms with van der Waals surface area (Å²) in [5.74, 6) is -0.197. The molecule has 0 aliphatic carbocycles. The highest BCUT2D eigenvalue weighted by atomic mass is 79.9. The minimum absolute atomic E-state index is 0.0762. The fourth-order valence-corrected chi connectivity index (χ4v) is 3.80. The Balaban J connectivity index is 2.16. The number of aliphatic carboxylic acids is 1. The van der Waals surface area contributed by atoms with Crippen LogP contribution in [0.15, 0.2) is 39.3 Å². The minimum atomic E-state index is -0.828. The monoisotopic (exact) mass is 466 g/mol. The van der Waals surface area contributed by atoms with Gasteiger partial charge in [-0.3, -0.25) is 4.79 Å². The molecule has 0 amide bonds. The van der Waals surface area contributed by atoms with E-state index in [4.69, 9.17) is 15.1 Å². The molecule has 0 fully saturated rings. The summed E-state index contributed by atoms with van der Waals surface area (Å²) in [5, 5.41) is 20.9. The van der Waals surface area contributed by atoms with Crippen molar-refractivity contribution in [3.05, 3.63) is 56.0 Å². The fraction of sp³-hybridized carbons (Fsp3) is 0.222. The van der Waals surface area contributed by atoms with Crippen molar-refractivity contribution in [1.29, 1.82) is 5.26 Å². The van der Waals surface area contributed by atoms with Gasteiger partial charge in [-0.15, -0.1) is 0 Å². The molecule has 2 aromatic carbocycles. The Bertz CT molecular complexity index is 809. The Kier molecular flexibility index (Phi) is 6.85. The number of carboxylic acid groups (broad SMARTS) is 1. The number of hydrogen-bond acceptors (Lipinski definition) is 4. The molecule has 0 aromatic heterocycles. The van der Waals surface area contributed by atoms with Crippen molar-refractivity contribution >= 4 is 43.5 Å². The quantitative estimate of drug-likeness (QED) is 0.615. The maximum atomic E-state index is 10.7. The minimum Gasteiger partial charge on any atom is -0.487 e. The van der Waals surface area contributed by atoms with Gasteiger partial charge in [0.25, 0.3) is 0 Å². The van der Waals surface area contributed by atoms with Gasteiger partial charge < -0.3 is 15.2 Å². The molecule has 25 heavy (non-hydrogen) atoms. The lowest BCUT2D eigenvalue weighted by Crippen LogP contribution is -2.01. The van der Waals surface area contributed by atoms with Crippen LogP contribution in [0.2, 0.25) is 0 Å². The molecular weight excluding hydrogens is 452 g/mol. The van der Waals surface area contributed by atoms with Crippen LogP contribution < -0.4 is 10.1 Å². The van der Waals surface area contributed by atoms with Crippen molar-refractivity contribution in [2.45, 2.75) is 19.4 Å². The first-order valence-electron chi connectivity index (χ1n) is 7.47. The molecule has 0 radical (unpaired) electrons. The Morgan fingerprint density at radius 1 is 1.20 bits per heavy atom. The number of aryl methyl sites for hydroxylation is 1. The van der Waals surface area contributed by atoms with Crippen LogP contribution in [-0.4, -0.2) is 18.1 Å². The molecule has 0 spiro atoms. The Morgan fingerprint density at radius 2 is 1.88 bits per heavy atom. The summed E-state index contributed by atoms with van der Waals surface area (Å²) < 4.78 is 7.37. The number of ether oxygens (including phenoxy) is 1. The molecule has 0 saturated heterocycles. The first-order valence-corrected chi connectivity index (χ1v) is 9.06. The SMILES string of the molecule is CNc1cc(C#N)cc(COc2c(Br)cc(CCC(=O)O)cc2Br)c1. The number of anilines is 1. The van der Waals surface area contributed by atoms with Crippen molar-refractivity contribution < 1.29 is 14.6 Å². The summed E-state index contributed by atoms with van der Waals surface area (Å²) in [6.45, 7) is 0.301. The predicted octanol–water partition coefficient (Wildman–Crippen LogP) is 4.72. The molecule has 5 nitrogen and oxygen atoms in total. The second-order valence-electron chi connectivity index (χ2n) is 5.35. The van der Waals surface area contributed by atoms with Crippen molar-refractivity contribution in [3.63, 3.8) is 0 Å². The van der Waals surface area contributed by atoms with E-state index < -0.39 is 5.97 Å². The number of hydrogen-bond donors (Lipinski definition) is 2. The van der Waals surface area contributed by atoms with E-state index in [1.165, 1.54) is 0 Å². The summed E-state index contributed by atoms with van der Waals surface area (Å²) in [7, 11) is 1.80. The molecule has 0 atom stereocenters. The lowest BCUT2D eigenvalue weighted by Gasteiger charge is -2.13. The van der Waals surface area contributed by atoms with Crippen LogP contribution in [0.5, 0.6) is 5.75 Å². The topological polar surface area (TPSA) is 82.3 Å². The molecule has 0 saturated carbocycles. The van der Waals surface area contributed by atoms with Crippen molar-refractivity contribution in [3.8, 4) is 11.8 Å². The van der Waals surface area contributed by atoms with Gasteiger partial charge in [0.05, 0.1) is 20.6 Å². The van der Waals surface area contributed by atoms with Gasteiger partial charge in [-0.05, 0) is 79.7 Å². The maximum Gasteiger partial charge on any atom is 0.303 e. The van der Waals surface area contributed by atoms with Crippen LogP contribution in [0.4, 0.5) is 5.69 Å². The normalized spacial score (nSPS) is 10.2. The number of halogens is 2. The smallest absolute Gasteiger partial charge is 0.303 e. The third-order valence-electron chi connectivity index (χ3n) is 3.48. The Labute approximate surface area is 162 Å². The van der Waals surface area contributed by atoms with Gasteiger partial charge in [-0.25, -0.2) is 0 Å². The van der Waals surface area contributed by atoms with Crippen molar-refractivity contribution in [2.75, 3.05) is 12.4 Å². The van der Waals surface area contributed by atoms with E-state index in [-0.39, 0.29) is 6.42 Å². The molecule has 7 heteroatoms. The van der Waals surface area contributed by atoms with Gasteiger partial charge in [-0.2, -0.15) is 5.26 Å². The van der Waals surface area contributed by atoms with E-state index in [0.717, 1.165) is 25.8 Å². The average molecular weight is 468 g/mol. The van der Waals surface area contributed by atoms with Gasteiger partial charge in [0.2, 0.25) is 0 Å². The summed E-state index contributed by atoms with van der Waals surface area (Å²) in [5.41, 5.74) is 3.18. The highest BCUT2D eigenvalue weighted by Crippen LogP contribution is 2.35. The summed E-state index contributed by atoms with van der Waals surface area (Å²) in [4.78, 5) is 10.7. The van der Waals surface area contributed by atoms with E-state index in [1.54, 1.807) is 19.2 Å². The summed E-state index contributed by atoms with van der Waals surface area (Å²) in [6, 6.07) is 11.3. The van der Waals surface area contributed by atoms with Crippen LogP contribution in [0, 0.1) is 11.3 Å². The van der Waals surface area contributed by atoms with Crippen molar-refractivity contribution in [1.82, 2.24) is 0 Å². The number of carboxylic acids is 1. The van der Waals surface area contributed by atoms with Crippen LogP contribution >= 0.6 is 31.9 Å². The van der Waals surface area contributed by atoms with Gasteiger partial charge in [0.15, 0.2) is 0 Å². The van der Waals surface area contributed by atoms with Gasteiger partial charge in [-0.1, -0.05) is 0 Å². The zero-order valence-electron chi connectivity index (χ0n) is 13.5. The predicted molar refractivity (Wildman–Crippen MR) is 103 cm³/mol. The lowest BCUT2D eigenvalue weighted by atomic mass is 10.1. The lowest BCUT2D eigenvalue weighted by molar-refractivity contribution is -0.136. The van der Waals surface area contributed by atoms with E-state index in [9.17, 15) is 4.79 Å². The number of carbonyl (C=O) groups is 1. The summed E-state index contributed by atoms with van der Waals surface area (Å²) >= 11 is 6.94. The van der Waals surface area contributed by atoms with Gasteiger partial charge >= 0.3 is 5.97 Å². The summed E-state index contributed by atoms with van der Waals surface area (Å²) in [6.07, 6.45) is 0.523. The zero-order chi connectivity index (χ0) is 18.4. The number of nitrogens with zero attached hydrogens (tertiary/aromatic N) is 1. The fourth-order valence-electron chi connectivity index (χ4n) is 2.29. The first-order chi connectivity index (χ1) is 11.9. The molecule has 2 N–H and O–H groups in total. The third-order valence-corrected chi connectivity index (χ3v) is 4.66. The Hall–Kier alpha value is -2.04. The molecule has 0 heterocycles. The second kappa shape index (κ2) is 8.88. The average Bonchev–Trinajstić information content (AvgIpc) is 2.58. The van der Waals surface area contributed by atoms with E-state index in [1.807, 2.05) is 18.2 Å². The second-order valence-corrected chi connectivity index (χ2v) is 7.06. The first kappa shape index (κ1) is 19.3. The van der Waals surface area contributed by atoms with Gasteiger partial charge in [0.1, 0.15) is 12.4 Å². The molecule has 0 unspecified atom stereocenters. The number of rotatable bonds is 7. The van der Waals surface area contributed by atoms with Gasteiger partial charge in [0, 0.05) is 19.2 Å². The Morgan fingerprint density at radius 3 is 2.44 bits per heavy atom. The molecule has 2 aromatic rings. The van der Waals surface area contributed by atoms with Crippen LogP contribution in [0.25, 0.3) is 0 Å². The standard InChI is InChI=1S/C18H16Br2N2O3/c1-22-14-5-12(9-21)4-13(6-14)10-25-18-15(19)7-11(8-16(18)20)2-3-17(23)24/h4-8,22H,2-3,10H2,1H3,(H,23,24). The zero-order valence-corrected chi connectivity index (χ0v) is 16.6. The highest BCUT2D eigenvalue weighted by molar-refractivity contribution is 9.11. The largest absolute Gasteiger partial charge is 0.487 e. The number of benzene rings is 2. The van der Waals surface area contributed by atoms with Crippen LogP contribution in [0.3, 0.4) is 0 Å². The molecule has 0 bridgehead atoms. The maximum absolute atomic E-state index is 10.7. The molecular formula is C18H16Br2N2O3.